The molecular formula is C14H21NO4. The molecule has 1 atom stereocenters. The molecule has 1 rings (SSSR count). The zero-order valence-corrected chi connectivity index (χ0v) is 11.4. The van der Waals surface area contributed by atoms with Crippen molar-refractivity contribution in [1.82, 2.24) is 0 Å². The average Bonchev–Trinajstić information content (AvgIpc) is 2.38. The predicted octanol–water partition coefficient (Wildman–Crippen LogP) is 2.00. The van der Waals surface area contributed by atoms with Crippen molar-refractivity contribution >= 4 is 5.97 Å². The Morgan fingerprint density at radius 1 is 1.26 bits per heavy atom. The molecule has 5 heteroatoms. The molecule has 1 aromatic rings. The number of benzene rings is 1. The van der Waals surface area contributed by atoms with Gasteiger partial charge in [-0.2, -0.15) is 0 Å². The molecule has 0 unspecified atom stereocenters. The molecule has 0 amide bonds. The van der Waals surface area contributed by atoms with Gasteiger partial charge in [0.15, 0.2) is 11.5 Å². The first-order valence-electron chi connectivity index (χ1n) is 6.43. The van der Waals surface area contributed by atoms with Gasteiger partial charge in [-0.15, -0.1) is 0 Å². The lowest BCUT2D eigenvalue weighted by Gasteiger charge is -2.16. The van der Waals surface area contributed by atoms with Gasteiger partial charge in [-0.25, -0.2) is 0 Å². The summed E-state index contributed by atoms with van der Waals surface area (Å²) in [5, 5.41) is 8.88. The second kappa shape index (κ2) is 7.63. The van der Waals surface area contributed by atoms with Gasteiger partial charge >= 0.3 is 5.97 Å². The van der Waals surface area contributed by atoms with E-state index in [1.54, 1.807) is 6.07 Å². The second-order valence-corrected chi connectivity index (χ2v) is 4.10. The highest BCUT2D eigenvalue weighted by molar-refractivity contribution is 5.68. The maximum Gasteiger partial charge on any atom is 0.304 e. The maximum absolute atomic E-state index is 10.8. The van der Waals surface area contributed by atoms with Crippen molar-refractivity contribution < 1.29 is 19.4 Å². The number of nitrogens with two attached hydrogens (primary N) is 1. The van der Waals surface area contributed by atoms with E-state index in [0.29, 0.717) is 24.7 Å². The summed E-state index contributed by atoms with van der Waals surface area (Å²) in [5.41, 5.74) is 6.50. The van der Waals surface area contributed by atoms with Crippen LogP contribution in [0.25, 0.3) is 0 Å². The van der Waals surface area contributed by atoms with Crippen LogP contribution in [0.5, 0.6) is 11.5 Å². The average molecular weight is 267 g/mol. The smallest absolute Gasteiger partial charge is 0.304 e. The monoisotopic (exact) mass is 267 g/mol. The molecule has 5 nitrogen and oxygen atoms in total. The van der Waals surface area contributed by atoms with E-state index in [4.69, 9.17) is 20.3 Å². The van der Waals surface area contributed by atoms with Gasteiger partial charge in [-0.1, -0.05) is 6.07 Å². The lowest BCUT2D eigenvalue weighted by Crippen LogP contribution is -2.16. The zero-order chi connectivity index (χ0) is 14.3. The van der Waals surface area contributed by atoms with Crippen molar-refractivity contribution in [3.63, 3.8) is 0 Å². The van der Waals surface area contributed by atoms with Gasteiger partial charge in [-0.3, -0.25) is 4.79 Å². The summed E-state index contributed by atoms with van der Waals surface area (Å²) in [5.74, 6) is 0.222. The maximum atomic E-state index is 10.8. The van der Waals surface area contributed by atoms with E-state index in [9.17, 15) is 4.79 Å². The molecule has 106 valence electrons. The highest BCUT2D eigenvalue weighted by atomic mass is 16.5. The van der Waals surface area contributed by atoms with Crippen LogP contribution in [-0.2, 0) is 4.79 Å². The number of rotatable bonds is 8. The number of aliphatic carboxylic acids is 1. The molecule has 0 aliphatic rings. The third kappa shape index (κ3) is 4.44. The van der Waals surface area contributed by atoms with E-state index in [0.717, 1.165) is 5.56 Å². The van der Waals surface area contributed by atoms with E-state index >= 15 is 0 Å². The van der Waals surface area contributed by atoms with Crippen LogP contribution in [0.2, 0.25) is 0 Å². The molecule has 3 N–H and O–H groups in total. The molecule has 0 aliphatic carbocycles. The second-order valence-electron chi connectivity index (χ2n) is 4.10. The summed E-state index contributed by atoms with van der Waals surface area (Å²) in [7, 11) is 0. The summed E-state index contributed by atoms with van der Waals surface area (Å²) in [4.78, 5) is 10.8. The van der Waals surface area contributed by atoms with E-state index in [1.807, 2.05) is 26.0 Å². The number of ether oxygens (including phenoxy) is 2. The molecule has 0 aromatic heterocycles. The van der Waals surface area contributed by atoms with Crippen molar-refractivity contribution in [3.05, 3.63) is 23.8 Å². The molecule has 0 bridgehead atoms. The Labute approximate surface area is 113 Å². The molecule has 0 aliphatic heterocycles. The Morgan fingerprint density at radius 2 is 1.89 bits per heavy atom. The lowest BCUT2D eigenvalue weighted by atomic mass is 9.95. The lowest BCUT2D eigenvalue weighted by molar-refractivity contribution is -0.137. The summed E-state index contributed by atoms with van der Waals surface area (Å²) in [6, 6.07) is 5.46. The Kier molecular flexibility index (Phi) is 6.15. The van der Waals surface area contributed by atoms with E-state index in [1.165, 1.54) is 0 Å². The molecule has 0 saturated heterocycles. The highest BCUT2D eigenvalue weighted by Crippen LogP contribution is 2.32. The molecular weight excluding hydrogens is 246 g/mol. The third-order valence-electron chi connectivity index (χ3n) is 2.74. The summed E-state index contributed by atoms with van der Waals surface area (Å²) in [6.45, 7) is 5.15. The van der Waals surface area contributed by atoms with Crippen LogP contribution in [0.3, 0.4) is 0 Å². The molecule has 0 heterocycles. The van der Waals surface area contributed by atoms with Gasteiger partial charge in [0, 0.05) is 5.92 Å². The molecule has 0 fully saturated rings. The Morgan fingerprint density at radius 3 is 2.42 bits per heavy atom. The van der Waals surface area contributed by atoms with Crippen LogP contribution >= 0.6 is 0 Å². The first kappa shape index (κ1) is 15.3. The molecule has 0 radical (unpaired) electrons. The fourth-order valence-corrected chi connectivity index (χ4v) is 1.87. The quantitative estimate of drug-likeness (QED) is 0.753. The minimum atomic E-state index is -0.859. The summed E-state index contributed by atoms with van der Waals surface area (Å²) in [6.07, 6.45) is 0.00997. The van der Waals surface area contributed by atoms with Crippen LogP contribution in [0.15, 0.2) is 18.2 Å². The van der Waals surface area contributed by atoms with Crippen molar-refractivity contribution in [2.45, 2.75) is 26.2 Å². The van der Waals surface area contributed by atoms with Gasteiger partial charge in [0.2, 0.25) is 0 Å². The molecule has 0 saturated carbocycles. The predicted molar refractivity (Wildman–Crippen MR) is 72.8 cm³/mol. The van der Waals surface area contributed by atoms with Gasteiger partial charge in [0.05, 0.1) is 19.6 Å². The van der Waals surface area contributed by atoms with Crippen LogP contribution < -0.4 is 15.2 Å². The van der Waals surface area contributed by atoms with Crippen molar-refractivity contribution in [1.29, 1.82) is 0 Å². The Balaban J connectivity index is 3.01. The summed E-state index contributed by atoms with van der Waals surface area (Å²) >= 11 is 0. The first-order chi connectivity index (χ1) is 9.12. The van der Waals surface area contributed by atoms with Crippen molar-refractivity contribution in [2.75, 3.05) is 19.8 Å². The van der Waals surface area contributed by atoms with E-state index in [-0.39, 0.29) is 18.9 Å². The van der Waals surface area contributed by atoms with Crippen LogP contribution in [0, 0.1) is 0 Å². The fraction of sp³-hybridized carbons (Fsp3) is 0.500. The van der Waals surface area contributed by atoms with E-state index < -0.39 is 5.97 Å². The SMILES string of the molecule is CCOc1ccc([C@@H](CN)CC(=O)O)cc1OCC. The third-order valence-corrected chi connectivity index (χ3v) is 2.74. The number of carboxylic acids is 1. The number of carboxylic acid groups (broad SMARTS) is 1. The Hall–Kier alpha value is -1.75. The van der Waals surface area contributed by atoms with Crippen molar-refractivity contribution in [2.24, 2.45) is 5.73 Å². The zero-order valence-electron chi connectivity index (χ0n) is 11.4. The van der Waals surface area contributed by atoms with Gasteiger partial charge in [0.25, 0.3) is 0 Å². The number of hydrogen-bond acceptors (Lipinski definition) is 4. The normalized spacial score (nSPS) is 11.9. The Bertz CT molecular complexity index is 420. The minimum absolute atomic E-state index is 0.00997. The first-order valence-corrected chi connectivity index (χ1v) is 6.43. The minimum Gasteiger partial charge on any atom is -0.490 e. The topological polar surface area (TPSA) is 81.8 Å². The largest absolute Gasteiger partial charge is 0.490 e. The van der Waals surface area contributed by atoms with Gasteiger partial charge in [0.1, 0.15) is 0 Å². The van der Waals surface area contributed by atoms with Crippen LogP contribution in [-0.4, -0.2) is 30.8 Å². The van der Waals surface area contributed by atoms with Gasteiger partial charge < -0.3 is 20.3 Å². The van der Waals surface area contributed by atoms with Gasteiger partial charge in [-0.05, 0) is 38.1 Å². The number of hydrogen-bond donors (Lipinski definition) is 2. The standard InChI is InChI=1S/C14H21NO4/c1-3-18-12-6-5-10(7-13(12)19-4-2)11(9-15)8-14(16)17/h5-7,11H,3-4,8-9,15H2,1-2H3,(H,16,17)/t11-/m1/s1. The number of carbonyl (C=O) groups is 1. The fourth-order valence-electron chi connectivity index (χ4n) is 1.87. The molecule has 1 aromatic carbocycles. The van der Waals surface area contributed by atoms with Crippen LogP contribution in [0.1, 0.15) is 31.7 Å². The summed E-state index contributed by atoms with van der Waals surface area (Å²) < 4.78 is 11.0. The molecule has 19 heavy (non-hydrogen) atoms. The van der Waals surface area contributed by atoms with Crippen LogP contribution in [0.4, 0.5) is 0 Å². The molecule has 0 spiro atoms. The van der Waals surface area contributed by atoms with E-state index in [2.05, 4.69) is 0 Å². The van der Waals surface area contributed by atoms with Crippen molar-refractivity contribution in [3.8, 4) is 11.5 Å². The highest BCUT2D eigenvalue weighted by Gasteiger charge is 2.16.